The molecule has 2 atom stereocenters. The van der Waals surface area contributed by atoms with Crippen molar-refractivity contribution in [1.82, 2.24) is 0 Å². The summed E-state index contributed by atoms with van der Waals surface area (Å²) in [6, 6.07) is 5.86. The second kappa shape index (κ2) is 5.63. The summed E-state index contributed by atoms with van der Waals surface area (Å²) >= 11 is 0. The number of rotatable bonds is 3. The Morgan fingerprint density at radius 2 is 2.25 bits per heavy atom. The van der Waals surface area contributed by atoms with Gasteiger partial charge in [-0.25, -0.2) is 4.79 Å². The molecule has 1 aromatic carbocycles. The third-order valence-electron chi connectivity index (χ3n) is 2.97. The number of carboxylic acid groups (broad SMARTS) is 1. The summed E-state index contributed by atoms with van der Waals surface area (Å²) < 4.78 is 5.34. The molecule has 0 bridgehead atoms. The number of terminal acetylenes is 1. The highest BCUT2D eigenvalue weighted by Crippen LogP contribution is 2.33. The monoisotopic (exact) mass is 274 g/mol. The van der Waals surface area contributed by atoms with Crippen LogP contribution in [0.1, 0.15) is 6.42 Å². The van der Waals surface area contributed by atoms with Gasteiger partial charge in [-0.15, -0.1) is 12.3 Å². The highest BCUT2D eigenvalue weighted by molar-refractivity contribution is 5.99. The molecule has 1 heterocycles. The molecule has 1 aliphatic heterocycles. The first kappa shape index (κ1) is 13.9. The standard InChI is InChI=1S/C14H14N2O4/c1-2-5-9(15)13(17)16-8-12(14(18)19)20-11-7-4-3-6-10(11)16/h1,3-4,6-7,9,12H,5,8,15H2,(H,18,19). The predicted octanol–water partition coefficient (Wildman–Crippen LogP) is 0.216. The zero-order valence-electron chi connectivity index (χ0n) is 10.7. The summed E-state index contributed by atoms with van der Waals surface area (Å²) in [5, 5.41) is 9.08. The molecule has 1 aliphatic rings. The van der Waals surface area contributed by atoms with Crippen molar-refractivity contribution in [1.29, 1.82) is 0 Å². The van der Waals surface area contributed by atoms with Crippen molar-refractivity contribution in [3.63, 3.8) is 0 Å². The number of para-hydroxylation sites is 2. The Balaban J connectivity index is 2.34. The Kier molecular flexibility index (Phi) is 3.91. The fourth-order valence-corrected chi connectivity index (χ4v) is 1.99. The van der Waals surface area contributed by atoms with E-state index in [1.54, 1.807) is 24.3 Å². The van der Waals surface area contributed by atoms with E-state index in [1.165, 1.54) is 4.90 Å². The van der Waals surface area contributed by atoms with Crippen LogP contribution >= 0.6 is 0 Å². The molecular weight excluding hydrogens is 260 g/mol. The van der Waals surface area contributed by atoms with Gasteiger partial charge >= 0.3 is 5.97 Å². The van der Waals surface area contributed by atoms with Gasteiger partial charge < -0.3 is 20.5 Å². The molecule has 0 saturated heterocycles. The second-order valence-corrected chi connectivity index (χ2v) is 4.38. The normalized spacial score (nSPS) is 18.4. The zero-order valence-corrected chi connectivity index (χ0v) is 10.7. The molecule has 2 unspecified atom stereocenters. The summed E-state index contributed by atoms with van der Waals surface area (Å²) in [5.41, 5.74) is 6.22. The van der Waals surface area contributed by atoms with E-state index in [0.29, 0.717) is 11.4 Å². The van der Waals surface area contributed by atoms with Gasteiger partial charge in [0.1, 0.15) is 5.75 Å². The Morgan fingerprint density at radius 1 is 1.55 bits per heavy atom. The number of carboxylic acids is 1. The van der Waals surface area contributed by atoms with Crippen LogP contribution < -0.4 is 15.4 Å². The lowest BCUT2D eigenvalue weighted by molar-refractivity contribution is -0.145. The number of carbonyl (C=O) groups is 2. The first-order valence-corrected chi connectivity index (χ1v) is 6.03. The van der Waals surface area contributed by atoms with Crippen molar-refractivity contribution in [3.8, 4) is 18.1 Å². The molecule has 0 radical (unpaired) electrons. The van der Waals surface area contributed by atoms with E-state index >= 15 is 0 Å². The lowest BCUT2D eigenvalue weighted by Crippen LogP contribution is -2.52. The number of nitrogens with zero attached hydrogens (tertiary/aromatic N) is 1. The lowest BCUT2D eigenvalue weighted by Gasteiger charge is -2.34. The van der Waals surface area contributed by atoms with Crippen LogP contribution in [0.25, 0.3) is 0 Å². The minimum absolute atomic E-state index is 0.0933. The molecule has 0 spiro atoms. The number of nitrogens with two attached hydrogens (primary N) is 1. The number of fused-ring (bicyclic) bond motifs is 1. The van der Waals surface area contributed by atoms with Crippen LogP contribution in [0.2, 0.25) is 0 Å². The van der Waals surface area contributed by atoms with Crippen molar-refractivity contribution in [2.75, 3.05) is 11.4 Å². The molecule has 6 nitrogen and oxygen atoms in total. The lowest BCUT2D eigenvalue weighted by atomic mass is 10.1. The molecule has 6 heteroatoms. The highest BCUT2D eigenvalue weighted by Gasteiger charge is 2.35. The summed E-state index contributed by atoms with van der Waals surface area (Å²) in [5.74, 6) is 1.12. The first-order chi connectivity index (χ1) is 9.54. The third-order valence-corrected chi connectivity index (χ3v) is 2.97. The molecule has 2 rings (SSSR count). The second-order valence-electron chi connectivity index (χ2n) is 4.38. The van der Waals surface area contributed by atoms with Gasteiger partial charge in [0, 0.05) is 6.42 Å². The Bertz CT molecular complexity index is 579. The van der Waals surface area contributed by atoms with Crippen LogP contribution in [-0.2, 0) is 9.59 Å². The molecule has 1 amide bonds. The van der Waals surface area contributed by atoms with Gasteiger partial charge in [0.2, 0.25) is 12.0 Å². The van der Waals surface area contributed by atoms with Crippen molar-refractivity contribution < 1.29 is 19.4 Å². The number of ether oxygens (including phenoxy) is 1. The van der Waals surface area contributed by atoms with Crippen LogP contribution in [0.15, 0.2) is 24.3 Å². The van der Waals surface area contributed by atoms with E-state index in [0.717, 1.165) is 0 Å². The van der Waals surface area contributed by atoms with Crippen LogP contribution in [0.3, 0.4) is 0 Å². The minimum Gasteiger partial charge on any atom is -0.478 e. The number of benzene rings is 1. The van der Waals surface area contributed by atoms with E-state index in [2.05, 4.69) is 5.92 Å². The quantitative estimate of drug-likeness (QED) is 0.769. The van der Waals surface area contributed by atoms with Gasteiger partial charge in [0.25, 0.3) is 0 Å². The van der Waals surface area contributed by atoms with Crippen LogP contribution in [0.5, 0.6) is 5.75 Å². The average molecular weight is 274 g/mol. The SMILES string of the molecule is C#CCC(N)C(=O)N1CC(C(=O)O)Oc2ccccc21. The Morgan fingerprint density at radius 3 is 2.90 bits per heavy atom. The number of anilines is 1. The third kappa shape index (κ3) is 2.58. The molecule has 0 fully saturated rings. The van der Waals surface area contributed by atoms with E-state index in [9.17, 15) is 9.59 Å². The summed E-state index contributed by atoms with van der Waals surface area (Å²) in [6.07, 6.45) is 4.12. The minimum atomic E-state index is -1.14. The topological polar surface area (TPSA) is 92.9 Å². The van der Waals surface area contributed by atoms with Gasteiger partial charge in [-0.1, -0.05) is 12.1 Å². The van der Waals surface area contributed by atoms with Gasteiger partial charge in [-0.3, -0.25) is 4.79 Å². The molecular formula is C14H14N2O4. The largest absolute Gasteiger partial charge is 0.478 e. The first-order valence-electron chi connectivity index (χ1n) is 6.03. The number of hydrogen-bond acceptors (Lipinski definition) is 4. The van der Waals surface area contributed by atoms with Gasteiger partial charge in [-0.05, 0) is 12.1 Å². The maximum absolute atomic E-state index is 12.3. The summed E-state index contributed by atoms with van der Waals surface area (Å²) in [4.78, 5) is 24.7. The van der Waals surface area contributed by atoms with Gasteiger partial charge in [-0.2, -0.15) is 0 Å². The van der Waals surface area contributed by atoms with Gasteiger partial charge in [0.05, 0.1) is 18.3 Å². The number of carbonyl (C=O) groups excluding carboxylic acids is 1. The average Bonchev–Trinajstić information content (AvgIpc) is 2.45. The van der Waals surface area contributed by atoms with Crippen molar-refractivity contribution >= 4 is 17.6 Å². The highest BCUT2D eigenvalue weighted by atomic mass is 16.5. The number of amides is 1. The Labute approximate surface area is 116 Å². The molecule has 104 valence electrons. The van der Waals surface area contributed by atoms with Gasteiger partial charge in [0.15, 0.2) is 0 Å². The fourth-order valence-electron chi connectivity index (χ4n) is 1.99. The number of aliphatic carboxylic acids is 1. The Hall–Kier alpha value is -2.52. The zero-order chi connectivity index (χ0) is 14.7. The molecule has 1 aromatic rings. The van der Waals surface area contributed by atoms with Crippen LogP contribution in [-0.4, -0.2) is 35.7 Å². The van der Waals surface area contributed by atoms with E-state index < -0.39 is 24.0 Å². The van der Waals surface area contributed by atoms with Crippen molar-refractivity contribution in [3.05, 3.63) is 24.3 Å². The smallest absolute Gasteiger partial charge is 0.346 e. The summed E-state index contributed by atoms with van der Waals surface area (Å²) in [6.45, 7) is -0.0938. The van der Waals surface area contributed by atoms with Crippen LogP contribution in [0.4, 0.5) is 5.69 Å². The van der Waals surface area contributed by atoms with E-state index in [-0.39, 0.29) is 13.0 Å². The van der Waals surface area contributed by atoms with Crippen LogP contribution in [0, 0.1) is 12.3 Å². The maximum atomic E-state index is 12.3. The summed E-state index contributed by atoms with van der Waals surface area (Å²) in [7, 11) is 0. The van der Waals surface area contributed by atoms with E-state index in [4.69, 9.17) is 22.0 Å². The molecule has 20 heavy (non-hydrogen) atoms. The van der Waals surface area contributed by atoms with Crippen molar-refractivity contribution in [2.45, 2.75) is 18.6 Å². The van der Waals surface area contributed by atoms with E-state index in [1.807, 2.05) is 0 Å². The predicted molar refractivity (Wildman–Crippen MR) is 72.3 cm³/mol. The fraction of sp³-hybridized carbons (Fsp3) is 0.286. The molecule has 0 aromatic heterocycles. The maximum Gasteiger partial charge on any atom is 0.346 e. The molecule has 3 N–H and O–H groups in total. The van der Waals surface area contributed by atoms with Crippen molar-refractivity contribution in [2.24, 2.45) is 5.73 Å². The molecule has 0 aliphatic carbocycles. The number of hydrogen-bond donors (Lipinski definition) is 2. The molecule has 0 saturated carbocycles.